The highest BCUT2D eigenvalue weighted by molar-refractivity contribution is 5.68. The van der Waals surface area contributed by atoms with Gasteiger partial charge in [0.1, 0.15) is 6.07 Å². The molecule has 100 valence electrons. The van der Waals surface area contributed by atoms with Crippen LogP contribution in [0.2, 0.25) is 0 Å². The maximum Gasteiger partial charge on any atom is 0.586 e. The summed E-state index contributed by atoms with van der Waals surface area (Å²) in [6.07, 6.45) is -3.63. The molecule has 0 amide bonds. The van der Waals surface area contributed by atoms with Crippen LogP contribution < -0.4 is 14.8 Å². The Morgan fingerprint density at radius 1 is 1.05 bits per heavy atom. The van der Waals surface area contributed by atoms with Crippen molar-refractivity contribution < 1.29 is 18.3 Å². The maximum atomic E-state index is 12.9. The molecular weight excluding hydrogens is 266 g/mol. The number of nitrogens with zero attached hydrogens (tertiary/aromatic N) is 1. The lowest BCUT2D eigenvalue weighted by Crippen LogP contribution is -2.25. The topological polar surface area (TPSA) is 54.3 Å². The predicted molar refractivity (Wildman–Crippen MR) is 67.1 cm³/mol. The van der Waals surface area contributed by atoms with Crippen LogP contribution in [0.1, 0.15) is 5.56 Å². The summed E-state index contributed by atoms with van der Waals surface area (Å²) in [6, 6.07) is 13.3. The van der Waals surface area contributed by atoms with E-state index >= 15 is 0 Å². The molecule has 1 heterocycles. The number of alkyl halides is 2. The van der Waals surface area contributed by atoms with Crippen molar-refractivity contribution in [2.45, 2.75) is 6.29 Å². The zero-order valence-corrected chi connectivity index (χ0v) is 10.1. The van der Waals surface area contributed by atoms with E-state index in [9.17, 15) is 8.78 Å². The minimum atomic E-state index is -3.63. The second kappa shape index (κ2) is 4.38. The van der Waals surface area contributed by atoms with Gasteiger partial charge in [0.15, 0.2) is 11.5 Å². The monoisotopic (exact) mass is 274 g/mol. The SMILES string of the molecule is N#Cc1ccccc1Nc1ccc2c(c1)OC(F)(F)O2. The smallest absolute Gasteiger partial charge is 0.395 e. The van der Waals surface area contributed by atoms with Crippen molar-refractivity contribution in [3.8, 4) is 17.6 Å². The first-order valence-corrected chi connectivity index (χ1v) is 5.73. The van der Waals surface area contributed by atoms with E-state index in [2.05, 4.69) is 14.8 Å². The molecule has 1 N–H and O–H groups in total. The van der Waals surface area contributed by atoms with Crippen LogP contribution in [0.25, 0.3) is 0 Å². The van der Waals surface area contributed by atoms with Crippen molar-refractivity contribution in [1.82, 2.24) is 0 Å². The molecule has 6 heteroatoms. The largest absolute Gasteiger partial charge is 0.586 e. The van der Waals surface area contributed by atoms with Gasteiger partial charge in [0.2, 0.25) is 0 Å². The fraction of sp³-hybridized carbons (Fsp3) is 0.0714. The highest BCUT2D eigenvalue weighted by Gasteiger charge is 2.43. The molecule has 1 aliphatic rings. The van der Waals surface area contributed by atoms with Crippen molar-refractivity contribution in [3.05, 3.63) is 48.0 Å². The molecular formula is C14H8F2N2O2. The summed E-state index contributed by atoms with van der Waals surface area (Å²) in [5, 5.41) is 12.0. The van der Waals surface area contributed by atoms with Crippen molar-refractivity contribution in [3.63, 3.8) is 0 Å². The third-order valence-electron chi connectivity index (χ3n) is 2.73. The van der Waals surface area contributed by atoms with Crippen LogP contribution in [0.5, 0.6) is 11.5 Å². The Labute approximate surface area is 113 Å². The van der Waals surface area contributed by atoms with Crippen molar-refractivity contribution in [1.29, 1.82) is 5.26 Å². The molecule has 3 rings (SSSR count). The molecule has 0 unspecified atom stereocenters. The number of nitrogens with one attached hydrogen (secondary N) is 1. The molecule has 2 aromatic carbocycles. The van der Waals surface area contributed by atoms with Crippen LogP contribution in [-0.4, -0.2) is 6.29 Å². The molecule has 0 radical (unpaired) electrons. The zero-order chi connectivity index (χ0) is 14.2. The van der Waals surface area contributed by atoms with Gasteiger partial charge in [-0.3, -0.25) is 0 Å². The van der Waals surface area contributed by atoms with Crippen LogP contribution in [-0.2, 0) is 0 Å². The summed E-state index contributed by atoms with van der Waals surface area (Å²) in [5.74, 6) is -0.0662. The summed E-state index contributed by atoms with van der Waals surface area (Å²) in [4.78, 5) is 0. The van der Waals surface area contributed by atoms with Gasteiger partial charge in [0.05, 0.1) is 11.3 Å². The van der Waals surface area contributed by atoms with Gasteiger partial charge in [-0.25, -0.2) is 0 Å². The van der Waals surface area contributed by atoms with Crippen molar-refractivity contribution >= 4 is 11.4 Å². The Balaban J connectivity index is 1.89. The minimum Gasteiger partial charge on any atom is -0.395 e. The Morgan fingerprint density at radius 2 is 1.80 bits per heavy atom. The van der Waals surface area contributed by atoms with Gasteiger partial charge in [0.25, 0.3) is 0 Å². The van der Waals surface area contributed by atoms with Gasteiger partial charge < -0.3 is 14.8 Å². The van der Waals surface area contributed by atoms with E-state index < -0.39 is 6.29 Å². The molecule has 4 nitrogen and oxygen atoms in total. The number of para-hydroxylation sites is 1. The number of ether oxygens (including phenoxy) is 2. The third kappa shape index (κ3) is 2.21. The van der Waals surface area contributed by atoms with E-state index in [1.54, 1.807) is 30.3 Å². The van der Waals surface area contributed by atoms with Gasteiger partial charge in [0, 0.05) is 11.8 Å². The average Bonchev–Trinajstić information content (AvgIpc) is 2.72. The molecule has 0 spiro atoms. The molecule has 0 fully saturated rings. The van der Waals surface area contributed by atoms with Crippen LogP contribution >= 0.6 is 0 Å². The number of nitriles is 1. The van der Waals surface area contributed by atoms with Crippen molar-refractivity contribution in [2.24, 2.45) is 0 Å². The quantitative estimate of drug-likeness (QED) is 0.908. The van der Waals surface area contributed by atoms with Crippen molar-refractivity contribution in [2.75, 3.05) is 5.32 Å². The molecule has 0 aliphatic carbocycles. The first-order valence-electron chi connectivity index (χ1n) is 5.73. The lowest BCUT2D eigenvalue weighted by Gasteiger charge is -2.08. The van der Waals surface area contributed by atoms with E-state index in [0.29, 0.717) is 16.9 Å². The Kier molecular flexibility index (Phi) is 2.68. The van der Waals surface area contributed by atoms with E-state index in [4.69, 9.17) is 5.26 Å². The van der Waals surface area contributed by atoms with Gasteiger partial charge >= 0.3 is 6.29 Å². The fourth-order valence-corrected chi connectivity index (χ4v) is 1.87. The standard InChI is InChI=1S/C14H8F2N2O2/c15-14(16)19-12-6-5-10(7-13(12)20-14)18-11-4-2-1-3-9(11)8-17/h1-7,18H. The zero-order valence-electron chi connectivity index (χ0n) is 10.1. The lowest BCUT2D eigenvalue weighted by atomic mass is 10.2. The van der Waals surface area contributed by atoms with E-state index in [0.717, 1.165) is 0 Å². The summed E-state index contributed by atoms with van der Waals surface area (Å²) in [5.41, 5.74) is 1.56. The second-order valence-corrected chi connectivity index (χ2v) is 4.11. The minimum absolute atomic E-state index is 0.0193. The number of hydrogen-bond donors (Lipinski definition) is 1. The molecule has 2 aromatic rings. The summed E-state index contributed by atoms with van der Waals surface area (Å²) >= 11 is 0. The number of hydrogen-bond acceptors (Lipinski definition) is 4. The highest BCUT2D eigenvalue weighted by Crippen LogP contribution is 2.42. The fourth-order valence-electron chi connectivity index (χ4n) is 1.87. The van der Waals surface area contributed by atoms with Crippen LogP contribution in [0, 0.1) is 11.3 Å². The summed E-state index contributed by atoms with van der Waals surface area (Å²) < 4.78 is 34.5. The number of fused-ring (bicyclic) bond motifs is 1. The first-order chi connectivity index (χ1) is 9.57. The molecule has 0 atom stereocenters. The van der Waals surface area contributed by atoms with Gasteiger partial charge in [-0.15, -0.1) is 8.78 Å². The van der Waals surface area contributed by atoms with Gasteiger partial charge in [-0.05, 0) is 24.3 Å². The highest BCUT2D eigenvalue weighted by atomic mass is 19.3. The number of rotatable bonds is 2. The Hall–Kier alpha value is -2.81. The molecule has 1 aliphatic heterocycles. The van der Waals surface area contributed by atoms with E-state index in [1.165, 1.54) is 12.1 Å². The molecule has 20 heavy (non-hydrogen) atoms. The number of halogens is 2. The first kappa shape index (κ1) is 12.2. The van der Waals surface area contributed by atoms with E-state index in [-0.39, 0.29) is 11.5 Å². The van der Waals surface area contributed by atoms with Crippen LogP contribution in [0.3, 0.4) is 0 Å². The molecule has 0 aromatic heterocycles. The van der Waals surface area contributed by atoms with Crippen LogP contribution in [0.15, 0.2) is 42.5 Å². The second-order valence-electron chi connectivity index (χ2n) is 4.11. The lowest BCUT2D eigenvalue weighted by molar-refractivity contribution is -0.286. The average molecular weight is 274 g/mol. The summed E-state index contributed by atoms with van der Waals surface area (Å²) in [7, 11) is 0. The van der Waals surface area contributed by atoms with Gasteiger partial charge in [-0.1, -0.05) is 12.1 Å². The molecule has 0 saturated heterocycles. The Bertz CT molecular complexity index is 711. The normalized spacial score (nSPS) is 14.7. The predicted octanol–water partition coefficient (Wildman–Crippen LogP) is 3.62. The summed E-state index contributed by atoms with van der Waals surface area (Å²) in [6.45, 7) is 0. The Morgan fingerprint density at radius 3 is 2.60 bits per heavy atom. The maximum absolute atomic E-state index is 12.9. The number of anilines is 2. The third-order valence-corrected chi connectivity index (χ3v) is 2.73. The molecule has 0 saturated carbocycles. The number of benzene rings is 2. The van der Waals surface area contributed by atoms with Gasteiger partial charge in [-0.2, -0.15) is 5.26 Å². The van der Waals surface area contributed by atoms with E-state index in [1.807, 2.05) is 6.07 Å². The van der Waals surface area contributed by atoms with Crippen LogP contribution in [0.4, 0.5) is 20.2 Å². The molecule has 0 bridgehead atoms.